The number of aryl methyl sites for hydroxylation is 1. The third kappa shape index (κ3) is 5.15. The van der Waals surface area contributed by atoms with Gasteiger partial charge in [0.05, 0.1) is 12.0 Å². The van der Waals surface area contributed by atoms with Crippen molar-refractivity contribution in [2.45, 2.75) is 37.6 Å². The summed E-state index contributed by atoms with van der Waals surface area (Å²) in [6, 6.07) is 14.0. The van der Waals surface area contributed by atoms with E-state index in [1.54, 1.807) is 22.8 Å². The largest absolute Gasteiger partial charge is 0.464 e. The number of halogens is 1. The fourth-order valence-electron chi connectivity index (χ4n) is 3.38. The number of hydrogen-bond donors (Lipinski definition) is 1. The number of primary sulfonamides is 1. The minimum atomic E-state index is -3.85. The highest BCUT2D eigenvalue weighted by Gasteiger charge is 2.23. The number of ether oxygens (including phenoxy) is 1. The molecule has 0 unspecified atom stereocenters. The van der Waals surface area contributed by atoms with Crippen LogP contribution in [0.15, 0.2) is 53.4 Å². The Morgan fingerprint density at radius 2 is 1.84 bits per heavy atom. The maximum Gasteiger partial charge on any atom is 0.357 e. The summed E-state index contributed by atoms with van der Waals surface area (Å²) in [6.07, 6.45) is 2.58. The Kier molecular flexibility index (Phi) is 7.15. The lowest BCUT2D eigenvalue weighted by atomic mass is 10.0. The summed E-state index contributed by atoms with van der Waals surface area (Å²) in [5, 5.41) is 5.47. The number of methoxy groups -OCH3 is 1. The Balaban J connectivity index is 1.96. The minimum absolute atomic E-state index is 0.0685. The number of rotatable bonds is 8. The number of hydrogen-bond acceptors (Lipinski definition) is 5. The van der Waals surface area contributed by atoms with Gasteiger partial charge in [-0.1, -0.05) is 67.4 Å². The second-order valence-corrected chi connectivity index (χ2v) is 8.97. The molecule has 0 saturated heterocycles. The topological polar surface area (TPSA) is 104 Å². The van der Waals surface area contributed by atoms with Gasteiger partial charge in [-0.05, 0) is 23.6 Å². The van der Waals surface area contributed by atoms with Gasteiger partial charge in [-0.25, -0.2) is 23.3 Å². The quantitative estimate of drug-likeness (QED) is 0.510. The first-order valence-corrected chi connectivity index (χ1v) is 11.7. The molecule has 0 atom stereocenters. The highest BCUT2D eigenvalue weighted by Crippen LogP contribution is 2.27. The highest BCUT2D eigenvalue weighted by atomic mass is 35.5. The normalized spacial score (nSPS) is 11.5. The van der Waals surface area contributed by atoms with Crippen LogP contribution in [0.4, 0.5) is 0 Å². The van der Waals surface area contributed by atoms with Crippen LogP contribution in [0.5, 0.6) is 0 Å². The molecule has 9 heteroatoms. The molecule has 2 aromatic carbocycles. The summed E-state index contributed by atoms with van der Waals surface area (Å²) in [7, 11) is -2.54. The highest BCUT2D eigenvalue weighted by molar-refractivity contribution is 7.89. The van der Waals surface area contributed by atoms with Gasteiger partial charge in [0.15, 0.2) is 10.8 Å². The van der Waals surface area contributed by atoms with Crippen molar-refractivity contribution in [1.29, 1.82) is 0 Å². The van der Waals surface area contributed by atoms with Crippen LogP contribution < -0.4 is 5.14 Å². The molecular formula is C22H24ClN3O4S. The number of nitrogens with zero attached hydrogens (tertiary/aromatic N) is 2. The van der Waals surface area contributed by atoms with Crippen molar-refractivity contribution in [3.63, 3.8) is 0 Å². The van der Waals surface area contributed by atoms with Crippen molar-refractivity contribution < 1.29 is 17.9 Å². The molecule has 3 aromatic rings. The maximum absolute atomic E-state index is 12.3. The van der Waals surface area contributed by atoms with Gasteiger partial charge < -0.3 is 9.30 Å². The molecule has 31 heavy (non-hydrogen) atoms. The Morgan fingerprint density at radius 3 is 2.45 bits per heavy atom. The van der Waals surface area contributed by atoms with E-state index in [0.717, 1.165) is 29.8 Å². The van der Waals surface area contributed by atoms with Crippen molar-refractivity contribution in [1.82, 2.24) is 9.55 Å². The third-order valence-electron chi connectivity index (χ3n) is 4.94. The summed E-state index contributed by atoms with van der Waals surface area (Å²) < 4.78 is 30.5. The summed E-state index contributed by atoms with van der Waals surface area (Å²) >= 11 is 6.23. The van der Waals surface area contributed by atoms with Crippen LogP contribution in [0, 0.1) is 0 Å². The molecule has 7 nitrogen and oxygen atoms in total. The molecule has 2 N–H and O–H groups in total. The van der Waals surface area contributed by atoms with E-state index >= 15 is 0 Å². The standard InChI is InChI=1S/C22H24ClN3O4S/c1-3-4-9-19-25-21(23)20(22(27)30-2)26(19)14-15-10-12-16(13-11-15)17-7-5-6-8-18(17)31(24,28)29/h5-8,10-13H,3-4,9,14H2,1-2H3,(H2,24,28,29). The van der Waals surface area contributed by atoms with Crippen LogP contribution in [0.25, 0.3) is 11.1 Å². The van der Waals surface area contributed by atoms with Gasteiger partial charge in [-0.3, -0.25) is 0 Å². The van der Waals surface area contributed by atoms with Crippen molar-refractivity contribution in [2.75, 3.05) is 7.11 Å². The molecule has 1 heterocycles. The predicted molar refractivity (Wildman–Crippen MR) is 120 cm³/mol. The summed E-state index contributed by atoms with van der Waals surface area (Å²) in [6.45, 7) is 2.45. The SMILES string of the molecule is CCCCc1nc(Cl)c(C(=O)OC)n1Cc1ccc(-c2ccccc2S(N)(=O)=O)cc1. The van der Waals surface area contributed by atoms with Crippen molar-refractivity contribution in [3.8, 4) is 11.1 Å². The van der Waals surface area contributed by atoms with E-state index in [0.29, 0.717) is 18.5 Å². The van der Waals surface area contributed by atoms with Crippen LogP contribution in [-0.4, -0.2) is 31.0 Å². The first-order valence-electron chi connectivity index (χ1n) is 9.80. The lowest BCUT2D eigenvalue weighted by molar-refractivity contribution is 0.0588. The molecule has 0 saturated carbocycles. The van der Waals surface area contributed by atoms with Gasteiger partial charge in [0, 0.05) is 18.5 Å². The number of aromatic nitrogens is 2. The number of unbranched alkanes of at least 4 members (excludes halogenated alkanes) is 1. The number of nitrogens with two attached hydrogens (primary N) is 1. The zero-order chi connectivity index (χ0) is 22.6. The lowest BCUT2D eigenvalue weighted by Crippen LogP contribution is -2.14. The summed E-state index contributed by atoms with van der Waals surface area (Å²) in [5.41, 5.74) is 2.37. The molecule has 0 amide bonds. The van der Waals surface area contributed by atoms with E-state index < -0.39 is 16.0 Å². The lowest BCUT2D eigenvalue weighted by Gasteiger charge is -2.12. The Hall–Kier alpha value is -2.68. The number of sulfonamides is 1. The number of esters is 1. The molecule has 0 spiro atoms. The van der Waals surface area contributed by atoms with E-state index in [1.807, 2.05) is 24.3 Å². The second kappa shape index (κ2) is 9.64. The molecule has 0 bridgehead atoms. The molecule has 0 aliphatic heterocycles. The second-order valence-electron chi connectivity index (χ2n) is 7.09. The first kappa shape index (κ1) is 23.0. The van der Waals surface area contributed by atoms with Gasteiger partial charge in [0.25, 0.3) is 0 Å². The molecule has 164 valence electrons. The number of imidazole rings is 1. The van der Waals surface area contributed by atoms with E-state index in [-0.39, 0.29) is 15.7 Å². The van der Waals surface area contributed by atoms with Gasteiger partial charge in [-0.2, -0.15) is 0 Å². The third-order valence-corrected chi connectivity index (χ3v) is 6.17. The van der Waals surface area contributed by atoms with Gasteiger partial charge >= 0.3 is 5.97 Å². The number of benzene rings is 2. The molecule has 0 radical (unpaired) electrons. The molecule has 3 rings (SSSR count). The monoisotopic (exact) mass is 461 g/mol. The van der Waals surface area contributed by atoms with Crippen molar-refractivity contribution >= 4 is 27.6 Å². The Morgan fingerprint density at radius 1 is 1.16 bits per heavy atom. The van der Waals surface area contributed by atoms with Gasteiger partial charge in [-0.15, -0.1) is 0 Å². The summed E-state index contributed by atoms with van der Waals surface area (Å²) in [5.74, 6) is 0.176. The fraction of sp³-hybridized carbons (Fsp3) is 0.273. The zero-order valence-corrected chi connectivity index (χ0v) is 18.9. The average Bonchev–Trinajstić information content (AvgIpc) is 3.06. The van der Waals surface area contributed by atoms with E-state index in [9.17, 15) is 13.2 Å². The van der Waals surface area contributed by atoms with E-state index in [4.69, 9.17) is 21.5 Å². The van der Waals surface area contributed by atoms with Crippen LogP contribution in [-0.2, 0) is 27.7 Å². The average molecular weight is 462 g/mol. The Bertz CT molecular complexity index is 1190. The van der Waals surface area contributed by atoms with Crippen LogP contribution in [0.1, 0.15) is 41.6 Å². The minimum Gasteiger partial charge on any atom is -0.464 e. The van der Waals surface area contributed by atoms with Crippen molar-refractivity contribution in [2.24, 2.45) is 5.14 Å². The zero-order valence-electron chi connectivity index (χ0n) is 17.3. The maximum atomic E-state index is 12.3. The fourth-order valence-corrected chi connectivity index (χ4v) is 4.42. The smallest absolute Gasteiger partial charge is 0.357 e. The number of carbonyl (C=O) groups excluding carboxylic acids is 1. The molecule has 0 fully saturated rings. The van der Waals surface area contributed by atoms with Crippen LogP contribution in [0.3, 0.4) is 0 Å². The van der Waals surface area contributed by atoms with E-state index in [2.05, 4.69) is 11.9 Å². The van der Waals surface area contributed by atoms with Crippen LogP contribution >= 0.6 is 11.6 Å². The van der Waals surface area contributed by atoms with Crippen molar-refractivity contribution in [3.05, 3.63) is 70.8 Å². The summed E-state index contributed by atoms with van der Waals surface area (Å²) in [4.78, 5) is 16.7. The number of carbonyl (C=O) groups is 1. The Labute approximate surface area is 186 Å². The first-order chi connectivity index (χ1) is 14.8. The molecule has 0 aliphatic rings. The van der Waals surface area contributed by atoms with Gasteiger partial charge in [0.2, 0.25) is 10.0 Å². The van der Waals surface area contributed by atoms with Gasteiger partial charge in [0.1, 0.15) is 5.82 Å². The molecular weight excluding hydrogens is 438 g/mol. The van der Waals surface area contributed by atoms with E-state index in [1.165, 1.54) is 13.2 Å². The van der Waals surface area contributed by atoms with Crippen LogP contribution in [0.2, 0.25) is 5.15 Å². The molecule has 0 aliphatic carbocycles. The predicted octanol–water partition coefficient (Wildman–Crippen LogP) is 4.03. The molecule has 1 aromatic heterocycles.